The highest BCUT2D eigenvalue weighted by molar-refractivity contribution is 5.96. The van der Waals surface area contributed by atoms with E-state index in [0.717, 1.165) is 16.7 Å². The average Bonchev–Trinajstić information content (AvgIpc) is 2.79. The molecule has 2 aromatic rings. The van der Waals surface area contributed by atoms with E-state index < -0.39 is 11.7 Å². The molecule has 8 heteroatoms. The molecule has 1 N–H and O–H groups in total. The summed E-state index contributed by atoms with van der Waals surface area (Å²) in [5.41, 5.74) is 2.85. The summed E-state index contributed by atoms with van der Waals surface area (Å²) in [4.78, 5) is 41.6. The Balaban J connectivity index is 1.57. The van der Waals surface area contributed by atoms with Crippen molar-refractivity contribution in [3.8, 4) is 0 Å². The van der Waals surface area contributed by atoms with Gasteiger partial charge >= 0.3 is 12.2 Å². The summed E-state index contributed by atoms with van der Waals surface area (Å²) in [5, 5.41) is 9.66. The van der Waals surface area contributed by atoms with Crippen molar-refractivity contribution >= 4 is 18.1 Å². The molecule has 0 aliphatic carbocycles. The molecule has 0 saturated carbocycles. The minimum Gasteiger partial charge on any atom is -0.465 e. The van der Waals surface area contributed by atoms with Crippen LogP contribution >= 0.6 is 0 Å². The minimum absolute atomic E-state index is 0.0305. The summed E-state index contributed by atoms with van der Waals surface area (Å²) in [6.45, 7) is 7.69. The molecule has 0 fully saturated rings. The van der Waals surface area contributed by atoms with E-state index in [4.69, 9.17) is 4.74 Å². The molecule has 0 spiro atoms. The van der Waals surface area contributed by atoms with Gasteiger partial charge in [-0.3, -0.25) is 9.69 Å². The molecule has 1 aliphatic rings. The third-order valence-electron chi connectivity index (χ3n) is 5.83. The van der Waals surface area contributed by atoms with Gasteiger partial charge in [-0.2, -0.15) is 0 Å². The molecule has 0 atom stereocenters. The lowest BCUT2D eigenvalue weighted by molar-refractivity contribution is 0.0293. The number of amides is 3. The van der Waals surface area contributed by atoms with Crippen LogP contribution in [0.4, 0.5) is 9.59 Å². The smallest absolute Gasteiger partial charge is 0.410 e. The van der Waals surface area contributed by atoms with Crippen LogP contribution in [0.3, 0.4) is 0 Å². The van der Waals surface area contributed by atoms with Crippen LogP contribution in [0.5, 0.6) is 0 Å². The Morgan fingerprint density at radius 1 is 1.06 bits per heavy atom. The Bertz CT molecular complexity index is 1050. The maximum absolute atomic E-state index is 13.0. The van der Waals surface area contributed by atoms with Crippen molar-refractivity contribution < 1.29 is 24.2 Å². The Hall–Kier alpha value is -3.55. The van der Waals surface area contributed by atoms with E-state index >= 15 is 0 Å². The summed E-state index contributed by atoms with van der Waals surface area (Å²) in [7, 11) is 1.70. The van der Waals surface area contributed by atoms with Gasteiger partial charge in [0.1, 0.15) is 5.60 Å². The van der Waals surface area contributed by atoms with Gasteiger partial charge in [0.2, 0.25) is 0 Å². The van der Waals surface area contributed by atoms with E-state index in [1.54, 1.807) is 13.1 Å². The van der Waals surface area contributed by atoms with Gasteiger partial charge in [-0.25, -0.2) is 9.59 Å². The SMILES string of the molecule is CN(CCCN1CCc2cc(CN(Cc3ccccc3)C(=O)O)ccc2C1=O)C(=O)OC(C)(C)C. The number of carbonyl (C=O) groups is 3. The molecule has 0 unspecified atom stereocenters. The standard InChI is InChI=1S/C27H35N3O5/c1-27(2,3)35-26(34)28(4)14-8-15-29-16-13-22-17-21(11-12-23(22)24(29)31)19-30(25(32)33)18-20-9-6-5-7-10-20/h5-7,9-12,17H,8,13-16,18-19H2,1-4H3,(H,32,33). The average molecular weight is 482 g/mol. The number of carbonyl (C=O) groups excluding carboxylic acids is 2. The van der Waals surface area contributed by atoms with Crippen molar-refractivity contribution in [2.75, 3.05) is 26.7 Å². The highest BCUT2D eigenvalue weighted by atomic mass is 16.6. The zero-order valence-corrected chi connectivity index (χ0v) is 21.0. The van der Waals surface area contributed by atoms with E-state index in [1.165, 1.54) is 9.80 Å². The van der Waals surface area contributed by atoms with Gasteiger partial charge in [-0.05, 0) is 56.4 Å². The van der Waals surface area contributed by atoms with Gasteiger partial charge in [-0.1, -0.05) is 42.5 Å². The summed E-state index contributed by atoms with van der Waals surface area (Å²) >= 11 is 0. The third kappa shape index (κ3) is 7.47. The highest BCUT2D eigenvalue weighted by Gasteiger charge is 2.25. The van der Waals surface area contributed by atoms with Crippen LogP contribution in [0.2, 0.25) is 0 Å². The number of ether oxygens (including phenoxy) is 1. The third-order valence-corrected chi connectivity index (χ3v) is 5.83. The lowest BCUT2D eigenvalue weighted by Gasteiger charge is -2.30. The molecule has 188 valence electrons. The van der Waals surface area contributed by atoms with E-state index in [9.17, 15) is 19.5 Å². The lowest BCUT2D eigenvalue weighted by Crippen LogP contribution is -2.40. The van der Waals surface area contributed by atoms with Crippen molar-refractivity contribution in [2.45, 2.75) is 52.3 Å². The molecule has 35 heavy (non-hydrogen) atoms. The quantitative estimate of drug-likeness (QED) is 0.594. The summed E-state index contributed by atoms with van der Waals surface area (Å²) in [5.74, 6) is -0.0305. The van der Waals surface area contributed by atoms with Gasteiger partial charge in [0.15, 0.2) is 0 Å². The molecule has 0 aromatic heterocycles. The first kappa shape index (κ1) is 26.1. The van der Waals surface area contributed by atoms with Crippen molar-refractivity contribution in [3.05, 3.63) is 70.8 Å². The number of carboxylic acid groups (broad SMARTS) is 1. The van der Waals surface area contributed by atoms with Crippen molar-refractivity contribution in [2.24, 2.45) is 0 Å². The maximum atomic E-state index is 13.0. The van der Waals surface area contributed by atoms with Crippen molar-refractivity contribution in [3.63, 3.8) is 0 Å². The zero-order valence-electron chi connectivity index (χ0n) is 21.0. The summed E-state index contributed by atoms with van der Waals surface area (Å²) in [6, 6.07) is 15.1. The monoisotopic (exact) mass is 481 g/mol. The van der Waals surface area contributed by atoms with Crippen molar-refractivity contribution in [1.82, 2.24) is 14.7 Å². The number of nitrogens with zero attached hydrogens (tertiary/aromatic N) is 3. The second kappa shape index (κ2) is 11.3. The molecule has 8 nitrogen and oxygen atoms in total. The van der Waals surface area contributed by atoms with E-state index in [0.29, 0.717) is 44.6 Å². The van der Waals surface area contributed by atoms with Crippen LogP contribution in [-0.2, 0) is 24.2 Å². The molecule has 0 radical (unpaired) electrons. The number of hydrogen-bond acceptors (Lipinski definition) is 4. The molecular weight excluding hydrogens is 446 g/mol. The van der Waals surface area contributed by atoms with E-state index in [2.05, 4.69) is 0 Å². The molecular formula is C27H35N3O5. The Morgan fingerprint density at radius 2 is 1.74 bits per heavy atom. The fraction of sp³-hybridized carbons (Fsp3) is 0.444. The van der Waals surface area contributed by atoms with Gasteiger partial charge in [-0.15, -0.1) is 0 Å². The van der Waals surface area contributed by atoms with Crippen LogP contribution < -0.4 is 0 Å². The Labute approximate surface area is 207 Å². The molecule has 3 amide bonds. The lowest BCUT2D eigenvalue weighted by atomic mass is 9.96. The molecule has 0 saturated heterocycles. The fourth-order valence-electron chi connectivity index (χ4n) is 4.05. The number of hydrogen-bond donors (Lipinski definition) is 1. The van der Waals surface area contributed by atoms with Crippen molar-refractivity contribution in [1.29, 1.82) is 0 Å². The van der Waals surface area contributed by atoms with Gasteiger partial charge in [0, 0.05) is 45.3 Å². The second-order valence-electron chi connectivity index (χ2n) is 9.91. The Kier molecular flexibility index (Phi) is 8.38. The topological polar surface area (TPSA) is 90.4 Å². The summed E-state index contributed by atoms with van der Waals surface area (Å²) < 4.78 is 5.36. The van der Waals surface area contributed by atoms with Crippen LogP contribution in [-0.4, -0.2) is 70.2 Å². The Morgan fingerprint density at radius 3 is 2.40 bits per heavy atom. The number of rotatable bonds is 8. The first-order valence-corrected chi connectivity index (χ1v) is 11.9. The van der Waals surface area contributed by atoms with Crippen LogP contribution in [0, 0.1) is 0 Å². The highest BCUT2D eigenvalue weighted by Crippen LogP contribution is 2.22. The minimum atomic E-state index is -0.981. The number of benzene rings is 2. The normalized spacial score (nSPS) is 13.3. The molecule has 0 bridgehead atoms. The summed E-state index contributed by atoms with van der Waals surface area (Å²) in [6.07, 6.45) is 0.0121. The van der Waals surface area contributed by atoms with E-state index in [1.807, 2.05) is 68.1 Å². The van der Waals surface area contributed by atoms with Gasteiger partial charge in [0.25, 0.3) is 5.91 Å². The number of fused-ring (bicyclic) bond motifs is 1. The van der Waals surface area contributed by atoms with E-state index in [-0.39, 0.29) is 18.5 Å². The molecule has 2 aromatic carbocycles. The van der Waals surface area contributed by atoms with Crippen LogP contribution in [0.15, 0.2) is 48.5 Å². The largest absolute Gasteiger partial charge is 0.465 e. The molecule has 1 heterocycles. The molecule has 1 aliphatic heterocycles. The predicted molar refractivity (Wildman–Crippen MR) is 133 cm³/mol. The van der Waals surface area contributed by atoms with Crippen LogP contribution in [0.1, 0.15) is 54.2 Å². The predicted octanol–water partition coefficient (Wildman–Crippen LogP) is 4.62. The zero-order chi connectivity index (χ0) is 25.6. The molecule has 3 rings (SSSR count). The fourth-order valence-corrected chi connectivity index (χ4v) is 4.05. The first-order valence-electron chi connectivity index (χ1n) is 11.9. The second-order valence-corrected chi connectivity index (χ2v) is 9.91. The maximum Gasteiger partial charge on any atom is 0.410 e. The van der Waals surface area contributed by atoms with Gasteiger partial charge in [0.05, 0.1) is 0 Å². The van der Waals surface area contributed by atoms with Gasteiger partial charge < -0.3 is 19.6 Å². The van der Waals surface area contributed by atoms with Crippen LogP contribution in [0.25, 0.3) is 0 Å². The first-order chi connectivity index (χ1) is 16.5.